The highest BCUT2D eigenvalue weighted by atomic mass is 35.5. The number of carbonyl (C=O) groups excluding carboxylic acids is 1. The van der Waals surface area contributed by atoms with Crippen molar-refractivity contribution in [2.75, 3.05) is 18.5 Å². The van der Waals surface area contributed by atoms with Crippen LogP contribution < -0.4 is 5.32 Å². The van der Waals surface area contributed by atoms with Gasteiger partial charge < -0.3 is 25.4 Å². The highest BCUT2D eigenvalue weighted by Gasteiger charge is 2.60. The zero-order valence-corrected chi connectivity index (χ0v) is 21.8. The van der Waals surface area contributed by atoms with Crippen LogP contribution in [0.5, 0.6) is 0 Å². The van der Waals surface area contributed by atoms with Gasteiger partial charge in [-0.05, 0) is 56.2 Å². The standard InChI is InChI=1S/C25H27ClF3NO7S/c1-12(31)21(32)10-37-11-25(34)14-5-15(25)7-17(6-14)38(35,36)22-4-13(2-3-18(22)26)24(33)30-16-8-19(27)23(29)20(28)9-16/h2-4,8-9,12,14-15,17,21,31-32,34H,5-7,10-11H2,1H3,(H,30,33)/t12-,14?,15?,17-,21-,25-/m1/s1. The monoisotopic (exact) mass is 577 g/mol. The summed E-state index contributed by atoms with van der Waals surface area (Å²) < 4.78 is 72.5. The van der Waals surface area contributed by atoms with E-state index in [1.807, 2.05) is 0 Å². The van der Waals surface area contributed by atoms with Gasteiger partial charge in [-0.3, -0.25) is 4.79 Å². The maximum absolute atomic E-state index is 13.5. The van der Waals surface area contributed by atoms with Crippen LogP contribution in [0.3, 0.4) is 0 Å². The number of aliphatic hydroxyl groups is 3. The van der Waals surface area contributed by atoms with Crippen LogP contribution in [0.25, 0.3) is 0 Å². The second-order valence-electron chi connectivity index (χ2n) is 9.94. The second-order valence-corrected chi connectivity index (χ2v) is 12.5. The molecule has 2 aromatic carbocycles. The molecule has 0 heterocycles. The van der Waals surface area contributed by atoms with Crippen molar-refractivity contribution in [3.63, 3.8) is 0 Å². The molecule has 4 atom stereocenters. The molecule has 3 aliphatic carbocycles. The maximum atomic E-state index is 13.5. The Hall–Kier alpha value is -2.22. The van der Waals surface area contributed by atoms with Gasteiger partial charge in [-0.25, -0.2) is 21.6 Å². The van der Waals surface area contributed by atoms with Crippen LogP contribution >= 0.6 is 11.6 Å². The lowest BCUT2D eigenvalue weighted by atomic mass is 9.54. The summed E-state index contributed by atoms with van der Waals surface area (Å²) in [6.45, 7) is 1.12. The van der Waals surface area contributed by atoms with Crippen molar-refractivity contribution in [1.82, 2.24) is 0 Å². The van der Waals surface area contributed by atoms with E-state index in [2.05, 4.69) is 5.32 Å². The van der Waals surface area contributed by atoms with Crippen LogP contribution in [-0.2, 0) is 14.6 Å². The van der Waals surface area contributed by atoms with Gasteiger partial charge in [0.25, 0.3) is 5.91 Å². The van der Waals surface area contributed by atoms with Gasteiger partial charge in [0, 0.05) is 23.4 Å². The third kappa shape index (κ3) is 5.43. The van der Waals surface area contributed by atoms with E-state index in [-0.39, 0.29) is 59.1 Å². The van der Waals surface area contributed by atoms with Crippen molar-refractivity contribution in [2.24, 2.45) is 11.8 Å². The molecule has 8 nitrogen and oxygen atoms in total. The van der Waals surface area contributed by atoms with Crippen LogP contribution in [0, 0.1) is 29.3 Å². The number of rotatable bonds is 9. The Morgan fingerprint density at radius 1 is 1.13 bits per heavy atom. The number of hydrogen-bond donors (Lipinski definition) is 4. The topological polar surface area (TPSA) is 133 Å². The van der Waals surface area contributed by atoms with Crippen molar-refractivity contribution in [3.8, 4) is 0 Å². The summed E-state index contributed by atoms with van der Waals surface area (Å²) in [6, 6.07) is 4.71. The molecule has 0 aliphatic heterocycles. The fraction of sp³-hybridized carbons (Fsp3) is 0.480. The van der Waals surface area contributed by atoms with Crippen LogP contribution in [-0.4, -0.2) is 65.9 Å². The molecule has 0 radical (unpaired) electrons. The molecular formula is C25H27ClF3NO7S. The summed E-state index contributed by atoms with van der Waals surface area (Å²) >= 11 is 6.19. The maximum Gasteiger partial charge on any atom is 0.255 e. The third-order valence-electron chi connectivity index (χ3n) is 7.44. The molecule has 13 heteroatoms. The Labute approximate surface area is 222 Å². The quantitative estimate of drug-likeness (QED) is 0.337. The lowest BCUT2D eigenvalue weighted by Crippen LogP contribution is -2.64. The normalized spacial score (nSPS) is 26.4. The Balaban J connectivity index is 1.47. The number of aliphatic hydroxyl groups excluding tert-OH is 2. The van der Waals surface area contributed by atoms with Crippen molar-refractivity contribution >= 4 is 33.0 Å². The minimum atomic E-state index is -4.05. The van der Waals surface area contributed by atoms with Gasteiger partial charge in [0.1, 0.15) is 6.10 Å². The SMILES string of the molecule is C[C@@H](O)[C@H](O)COC[C@]1(O)C2CC1C[C@@H](S(=O)(=O)c1cc(C(=O)Nc3cc(F)c(F)c(F)c3)ccc1Cl)C2. The molecule has 3 fully saturated rings. The molecule has 0 aromatic heterocycles. The number of sulfone groups is 1. The van der Waals surface area contributed by atoms with Crippen LogP contribution in [0.1, 0.15) is 36.5 Å². The highest BCUT2D eigenvalue weighted by molar-refractivity contribution is 7.92. The summed E-state index contributed by atoms with van der Waals surface area (Å²) in [5, 5.41) is 31.3. The highest BCUT2D eigenvalue weighted by Crippen LogP contribution is 2.55. The third-order valence-corrected chi connectivity index (χ3v) is 10.1. The molecule has 2 unspecified atom stereocenters. The fourth-order valence-electron chi connectivity index (χ4n) is 5.10. The van der Waals surface area contributed by atoms with Gasteiger partial charge in [-0.2, -0.15) is 0 Å². The van der Waals surface area contributed by atoms with Crippen LogP contribution in [0.4, 0.5) is 18.9 Å². The number of carbonyl (C=O) groups is 1. The van der Waals surface area contributed by atoms with Crippen molar-refractivity contribution in [2.45, 2.75) is 54.1 Å². The van der Waals surface area contributed by atoms with E-state index in [0.29, 0.717) is 18.6 Å². The first-order valence-corrected chi connectivity index (χ1v) is 13.8. The average molecular weight is 578 g/mol. The number of ether oxygens (including phenoxy) is 1. The smallest absolute Gasteiger partial charge is 0.255 e. The van der Waals surface area contributed by atoms with Gasteiger partial charge in [-0.15, -0.1) is 0 Å². The Morgan fingerprint density at radius 2 is 1.74 bits per heavy atom. The number of nitrogens with one attached hydrogen (secondary N) is 1. The molecule has 3 aliphatic rings. The summed E-state index contributed by atoms with van der Waals surface area (Å²) in [6.07, 6.45) is -1.26. The van der Waals surface area contributed by atoms with E-state index < -0.39 is 56.3 Å². The van der Waals surface area contributed by atoms with Crippen LogP contribution in [0.15, 0.2) is 35.2 Å². The molecule has 0 spiro atoms. The number of fused-ring (bicyclic) bond motifs is 2. The molecule has 2 bridgehead atoms. The Bertz CT molecular complexity index is 1310. The van der Waals surface area contributed by atoms with E-state index >= 15 is 0 Å². The number of hydrogen-bond acceptors (Lipinski definition) is 7. The van der Waals surface area contributed by atoms with E-state index in [4.69, 9.17) is 16.3 Å². The summed E-state index contributed by atoms with van der Waals surface area (Å²) in [5.41, 5.74) is -1.77. The molecule has 5 rings (SSSR count). The van der Waals surface area contributed by atoms with Crippen molar-refractivity contribution < 1.29 is 46.4 Å². The minimum absolute atomic E-state index is 0.111. The second kappa shape index (κ2) is 10.7. The number of halogens is 4. The first-order valence-electron chi connectivity index (χ1n) is 11.9. The van der Waals surface area contributed by atoms with Crippen molar-refractivity contribution in [3.05, 3.63) is 58.4 Å². The van der Waals surface area contributed by atoms with E-state index in [9.17, 15) is 41.7 Å². The Kier molecular flexibility index (Phi) is 8.14. The first kappa shape index (κ1) is 28.8. The zero-order valence-electron chi connectivity index (χ0n) is 20.2. The van der Waals surface area contributed by atoms with E-state index in [1.165, 1.54) is 19.1 Å². The van der Waals surface area contributed by atoms with E-state index in [0.717, 1.165) is 6.07 Å². The van der Waals surface area contributed by atoms with Gasteiger partial charge in [0.2, 0.25) is 0 Å². The van der Waals surface area contributed by atoms with Crippen LogP contribution in [0.2, 0.25) is 5.02 Å². The lowest BCUT2D eigenvalue weighted by molar-refractivity contribution is -0.211. The number of amides is 1. The van der Waals surface area contributed by atoms with Crippen molar-refractivity contribution in [1.29, 1.82) is 0 Å². The predicted octanol–water partition coefficient (Wildman–Crippen LogP) is 3.07. The summed E-state index contributed by atoms with van der Waals surface area (Å²) in [5.74, 6) is -6.33. The molecule has 4 N–H and O–H groups in total. The first-order chi connectivity index (χ1) is 17.7. The number of benzene rings is 2. The molecule has 2 aromatic rings. The lowest BCUT2D eigenvalue weighted by Gasteiger charge is -2.58. The summed E-state index contributed by atoms with van der Waals surface area (Å²) in [7, 11) is -4.05. The Morgan fingerprint density at radius 3 is 2.32 bits per heavy atom. The minimum Gasteiger partial charge on any atom is -0.391 e. The average Bonchev–Trinajstić information content (AvgIpc) is 2.86. The van der Waals surface area contributed by atoms with Gasteiger partial charge in [-0.1, -0.05) is 11.6 Å². The molecule has 208 valence electrons. The molecule has 3 saturated carbocycles. The molecule has 38 heavy (non-hydrogen) atoms. The fourth-order valence-corrected chi connectivity index (χ4v) is 7.50. The largest absolute Gasteiger partial charge is 0.391 e. The predicted molar refractivity (Wildman–Crippen MR) is 131 cm³/mol. The molecule has 1 amide bonds. The summed E-state index contributed by atoms with van der Waals surface area (Å²) in [4.78, 5) is 12.4. The van der Waals surface area contributed by atoms with Gasteiger partial charge in [0.15, 0.2) is 27.3 Å². The molecular weight excluding hydrogens is 551 g/mol. The zero-order chi connectivity index (χ0) is 28.0. The van der Waals surface area contributed by atoms with Gasteiger partial charge >= 0.3 is 0 Å². The van der Waals surface area contributed by atoms with E-state index in [1.54, 1.807) is 0 Å². The number of anilines is 1. The van der Waals surface area contributed by atoms with Gasteiger partial charge in [0.05, 0.1) is 40.1 Å². The molecule has 0 saturated heterocycles.